The molecule has 0 fully saturated rings. The highest BCUT2D eigenvalue weighted by Gasteiger charge is 2.49. The Bertz CT molecular complexity index is 1020. The third-order valence-electron chi connectivity index (χ3n) is 6.25. The molecule has 198 valence electrons. The third-order valence-corrected chi connectivity index (χ3v) is 6.25. The molecule has 36 heavy (non-hydrogen) atoms. The minimum atomic E-state index is -2.37. The fraction of sp³-hybridized carbons (Fsp3) is 0.462. The van der Waals surface area contributed by atoms with Crippen LogP contribution in [0.4, 0.5) is 8.78 Å². The lowest BCUT2D eigenvalue weighted by molar-refractivity contribution is -0.998. The highest BCUT2D eigenvalue weighted by Crippen LogP contribution is 2.32. The van der Waals surface area contributed by atoms with Crippen LogP contribution in [0.25, 0.3) is 0 Å². The van der Waals surface area contributed by atoms with Gasteiger partial charge in [0.1, 0.15) is 17.6 Å². The summed E-state index contributed by atoms with van der Waals surface area (Å²) in [6, 6.07) is 8.81. The minimum Gasteiger partial charge on any atom is -0.542 e. The summed E-state index contributed by atoms with van der Waals surface area (Å²) < 4.78 is 32.7. The number of quaternary nitrogens is 1. The summed E-state index contributed by atoms with van der Waals surface area (Å²) >= 11 is 0. The molecule has 0 aliphatic heterocycles. The number of aryl methyl sites for hydroxylation is 2. The number of rotatable bonds is 13. The fourth-order valence-electron chi connectivity index (χ4n) is 4.80. The van der Waals surface area contributed by atoms with E-state index in [1.807, 2.05) is 0 Å². The Balaban J connectivity index is 2.56. The van der Waals surface area contributed by atoms with E-state index in [2.05, 4.69) is 0 Å². The summed E-state index contributed by atoms with van der Waals surface area (Å²) in [4.78, 5) is 23.7. The Labute approximate surface area is 209 Å². The van der Waals surface area contributed by atoms with Crippen molar-refractivity contribution in [2.75, 3.05) is 19.7 Å². The van der Waals surface area contributed by atoms with Gasteiger partial charge >= 0.3 is 5.97 Å². The first-order valence-electron chi connectivity index (χ1n) is 11.5. The van der Waals surface area contributed by atoms with Gasteiger partial charge in [0.05, 0.1) is 32.2 Å². The maximum atomic E-state index is 14.1. The van der Waals surface area contributed by atoms with Gasteiger partial charge in [0, 0.05) is 11.5 Å². The molecule has 4 unspecified atom stereocenters. The van der Waals surface area contributed by atoms with Gasteiger partial charge in [0.25, 0.3) is 6.23 Å². The lowest BCUT2D eigenvalue weighted by Crippen LogP contribution is -2.70. The van der Waals surface area contributed by atoms with E-state index >= 15 is 0 Å². The second-order valence-corrected chi connectivity index (χ2v) is 9.48. The topological polar surface area (TPSA) is 127 Å². The number of carbonyl (C=O) groups excluding carboxylic acids is 1. The lowest BCUT2D eigenvalue weighted by Gasteiger charge is -2.46. The number of carbonyl (C=O) groups is 2. The third kappa shape index (κ3) is 6.64. The normalized spacial score (nSPS) is 15.8. The summed E-state index contributed by atoms with van der Waals surface area (Å²) in [6.07, 6.45) is -4.66. The zero-order valence-electron chi connectivity index (χ0n) is 20.8. The Kier molecular flexibility index (Phi) is 10.1. The predicted octanol–water partition coefficient (Wildman–Crippen LogP) is 1.83. The smallest absolute Gasteiger partial charge is 0.392 e. The van der Waals surface area contributed by atoms with Gasteiger partial charge in [-0.3, -0.25) is 4.48 Å². The van der Waals surface area contributed by atoms with Gasteiger partial charge in [-0.15, -0.1) is 0 Å². The summed E-state index contributed by atoms with van der Waals surface area (Å²) in [7, 11) is 0. The van der Waals surface area contributed by atoms with Crippen molar-refractivity contribution >= 4 is 11.9 Å². The van der Waals surface area contributed by atoms with Gasteiger partial charge in [0.15, 0.2) is 0 Å². The van der Waals surface area contributed by atoms with Crippen molar-refractivity contribution in [3.05, 3.63) is 70.3 Å². The zero-order valence-corrected chi connectivity index (χ0v) is 20.8. The first kappa shape index (κ1) is 29.3. The number of benzene rings is 2. The van der Waals surface area contributed by atoms with Crippen LogP contribution in [0.15, 0.2) is 36.4 Å². The van der Waals surface area contributed by atoms with Crippen molar-refractivity contribution in [2.24, 2.45) is 5.92 Å². The highest BCUT2D eigenvalue weighted by atomic mass is 19.1. The number of halogens is 2. The lowest BCUT2D eigenvalue weighted by atomic mass is 9.89. The minimum absolute atomic E-state index is 0.205. The molecule has 8 nitrogen and oxygen atoms in total. The molecule has 0 aliphatic carbocycles. The molecule has 0 aromatic heterocycles. The molecule has 0 aliphatic rings. The van der Waals surface area contributed by atoms with E-state index in [1.54, 1.807) is 45.9 Å². The number of aliphatic hydroxyl groups excluding tert-OH is 2. The van der Waals surface area contributed by atoms with E-state index in [0.29, 0.717) is 5.56 Å². The second kappa shape index (κ2) is 12.4. The highest BCUT2D eigenvalue weighted by molar-refractivity contribution is 5.72. The van der Waals surface area contributed by atoms with Crippen LogP contribution >= 0.6 is 0 Å². The number of aliphatic carboxylic acids is 2. The molecule has 3 N–H and O–H groups in total. The van der Waals surface area contributed by atoms with Gasteiger partial charge in [-0.1, -0.05) is 38.1 Å². The Morgan fingerprint density at radius 2 is 1.50 bits per heavy atom. The van der Waals surface area contributed by atoms with E-state index in [-0.39, 0.29) is 31.2 Å². The quantitative estimate of drug-likeness (QED) is 0.278. The average Bonchev–Trinajstić information content (AvgIpc) is 2.78. The van der Waals surface area contributed by atoms with Crippen LogP contribution in [-0.2, 0) is 20.9 Å². The van der Waals surface area contributed by atoms with E-state index < -0.39 is 53.0 Å². The molecule has 0 spiro atoms. The van der Waals surface area contributed by atoms with Gasteiger partial charge < -0.3 is 30.0 Å². The van der Waals surface area contributed by atoms with Crippen LogP contribution in [0.5, 0.6) is 0 Å². The fourth-order valence-corrected chi connectivity index (χ4v) is 4.80. The van der Waals surface area contributed by atoms with E-state index in [1.165, 1.54) is 6.07 Å². The van der Waals surface area contributed by atoms with Crippen LogP contribution in [0.1, 0.15) is 42.0 Å². The molecule has 0 saturated carbocycles. The van der Waals surface area contributed by atoms with Crippen molar-refractivity contribution in [2.45, 2.75) is 52.7 Å². The average molecular weight is 510 g/mol. The molecule has 0 amide bonds. The van der Waals surface area contributed by atoms with Crippen LogP contribution in [0.2, 0.25) is 0 Å². The van der Waals surface area contributed by atoms with Gasteiger partial charge in [-0.05, 0) is 42.7 Å². The van der Waals surface area contributed by atoms with Crippen LogP contribution < -0.4 is 5.11 Å². The molecular weight excluding hydrogens is 476 g/mol. The van der Waals surface area contributed by atoms with E-state index in [9.17, 15) is 38.8 Å². The molecule has 0 heterocycles. The molecule has 2 aromatic carbocycles. The second-order valence-electron chi connectivity index (χ2n) is 9.48. The predicted molar refractivity (Wildman–Crippen MR) is 124 cm³/mol. The monoisotopic (exact) mass is 509 g/mol. The van der Waals surface area contributed by atoms with E-state index in [0.717, 1.165) is 23.3 Å². The van der Waals surface area contributed by atoms with Crippen LogP contribution in [0.3, 0.4) is 0 Å². The maximum Gasteiger partial charge on any atom is 0.392 e. The number of aliphatic hydroxyl groups is 2. The standard InChI is InChI=1S/C26H33F2NO7/c1-15(2)11-29(23(30)25(32)33,24(31)26(34)35)12-18(22-16(3)7-5-8-17(22)4)13-36-14-19-20(27)9-6-10-21(19)28/h5-10,15,18,23-24,30-31H,11-14H2,1-4H3,(H-,32,33,34,35). The van der Waals surface area contributed by atoms with Crippen molar-refractivity contribution in [1.29, 1.82) is 0 Å². The van der Waals surface area contributed by atoms with E-state index in [4.69, 9.17) is 4.74 Å². The van der Waals surface area contributed by atoms with Crippen LogP contribution in [-0.4, -0.2) is 63.9 Å². The summed E-state index contributed by atoms with van der Waals surface area (Å²) in [6.45, 7) is 5.75. The molecule has 0 bridgehead atoms. The Morgan fingerprint density at radius 1 is 0.972 bits per heavy atom. The van der Waals surface area contributed by atoms with Crippen molar-refractivity contribution in [3.8, 4) is 0 Å². The van der Waals surface area contributed by atoms with Crippen molar-refractivity contribution < 1.29 is 48.0 Å². The number of hydrogen-bond acceptors (Lipinski definition) is 6. The molecule has 4 atom stereocenters. The molecule has 2 aromatic rings. The van der Waals surface area contributed by atoms with Crippen LogP contribution in [0, 0.1) is 31.4 Å². The summed E-state index contributed by atoms with van der Waals surface area (Å²) in [5.74, 6) is -6.34. The SMILES string of the molecule is Cc1cccc(C)c1C(COCc1c(F)cccc1F)C[N+](CC(C)C)(C(O)C(=O)[O-])C(O)C(=O)O. The zero-order chi connectivity index (χ0) is 27.2. The van der Waals surface area contributed by atoms with Gasteiger partial charge in [-0.2, -0.15) is 0 Å². The number of carboxylic acid groups (broad SMARTS) is 2. The van der Waals surface area contributed by atoms with Crippen molar-refractivity contribution in [1.82, 2.24) is 0 Å². The Morgan fingerprint density at radius 3 is 1.97 bits per heavy atom. The molecule has 2 rings (SSSR count). The largest absolute Gasteiger partial charge is 0.542 e. The molecule has 0 radical (unpaired) electrons. The number of hydrogen-bond donors (Lipinski definition) is 3. The number of nitrogens with zero attached hydrogens (tertiary/aromatic N) is 1. The molecule has 10 heteroatoms. The summed E-state index contributed by atoms with van der Waals surface area (Å²) in [5.41, 5.74) is 1.94. The first-order chi connectivity index (χ1) is 16.8. The molecular formula is C26H33F2NO7. The van der Waals surface area contributed by atoms with Gasteiger partial charge in [-0.25, -0.2) is 13.6 Å². The van der Waals surface area contributed by atoms with Crippen molar-refractivity contribution in [3.63, 3.8) is 0 Å². The number of carboxylic acids is 2. The molecule has 0 saturated heterocycles. The van der Waals surface area contributed by atoms with Gasteiger partial charge in [0.2, 0.25) is 6.23 Å². The Hall–Kier alpha value is -2.92. The first-order valence-corrected chi connectivity index (χ1v) is 11.5. The number of ether oxygens (including phenoxy) is 1. The summed E-state index contributed by atoms with van der Waals surface area (Å²) in [5, 5.41) is 42.8. The maximum absolute atomic E-state index is 14.1.